The first-order chi connectivity index (χ1) is 9.11. The van der Waals surface area contributed by atoms with Crippen molar-refractivity contribution in [3.63, 3.8) is 0 Å². The van der Waals surface area contributed by atoms with E-state index >= 15 is 0 Å². The van der Waals surface area contributed by atoms with E-state index in [-0.39, 0.29) is 11.7 Å². The lowest BCUT2D eigenvalue weighted by Crippen LogP contribution is -2.14. The van der Waals surface area contributed by atoms with Gasteiger partial charge < -0.3 is 9.72 Å². The first kappa shape index (κ1) is 13.3. The van der Waals surface area contributed by atoms with Crippen molar-refractivity contribution in [1.29, 1.82) is 0 Å². The van der Waals surface area contributed by atoms with Crippen LogP contribution in [0.25, 0.3) is 11.3 Å². The molecule has 0 bridgehead atoms. The number of benzene rings is 1. The molecule has 1 aromatic heterocycles. The van der Waals surface area contributed by atoms with Gasteiger partial charge in [-0.1, -0.05) is 19.1 Å². The number of hydrogen-bond donors (Lipinski definition) is 1. The standard InChI is InChI=1S/C15H18N2O2/c1-4-13-14(16-9-17-15(13)18)11-6-5-7-12(8-11)19-10(2)3/h5-10H,4H2,1-3H3,(H,16,17,18). The van der Waals surface area contributed by atoms with Crippen molar-refractivity contribution in [3.05, 3.63) is 46.5 Å². The molecular formula is C15H18N2O2. The summed E-state index contributed by atoms with van der Waals surface area (Å²) >= 11 is 0. The first-order valence-electron chi connectivity index (χ1n) is 6.45. The molecule has 0 unspecified atom stereocenters. The lowest BCUT2D eigenvalue weighted by atomic mass is 10.1. The number of nitrogens with zero attached hydrogens (tertiary/aromatic N) is 1. The lowest BCUT2D eigenvalue weighted by Gasteiger charge is -2.11. The molecule has 1 aromatic carbocycles. The van der Waals surface area contributed by atoms with E-state index in [1.54, 1.807) is 0 Å². The number of rotatable bonds is 4. The zero-order chi connectivity index (χ0) is 13.8. The van der Waals surface area contributed by atoms with Crippen molar-refractivity contribution in [1.82, 2.24) is 9.97 Å². The van der Waals surface area contributed by atoms with Crippen LogP contribution in [0.2, 0.25) is 0 Å². The molecule has 0 radical (unpaired) electrons. The Morgan fingerprint density at radius 3 is 2.84 bits per heavy atom. The predicted molar refractivity (Wildman–Crippen MR) is 75.4 cm³/mol. The van der Waals surface area contributed by atoms with Crippen LogP contribution in [0.4, 0.5) is 0 Å². The van der Waals surface area contributed by atoms with Crippen molar-refractivity contribution in [2.75, 3.05) is 0 Å². The third kappa shape index (κ3) is 3.02. The van der Waals surface area contributed by atoms with Crippen LogP contribution in [0.1, 0.15) is 26.3 Å². The Kier molecular flexibility index (Phi) is 4.00. The minimum absolute atomic E-state index is 0.0809. The second-order valence-electron chi connectivity index (χ2n) is 4.61. The van der Waals surface area contributed by atoms with E-state index in [1.165, 1.54) is 6.33 Å². The third-order valence-electron chi connectivity index (χ3n) is 2.78. The topological polar surface area (TPSA) is 55.0 Å². The Labute approximate surface area is 112 Å². The average Bonchev–Trinajstić information content (AvgIpc) is 2.38. The van der Waals surface area contributed by atoms with E-state index in [0.29, 0.717) is 12.0 Å². The van der Waals surface area contributed by atoms with Gasteiger partial charge in [0.25, 0.3) is 5.56 Å². The maximum absolute atomic E-state index is 11.8. The molecule has 1 N–H and O–H groups in total. The first-order valence-corrected chi connectivity index (χ1v) is 6.45. The van der Waals surface area contributed by atoms with Crippen LogP contribution in [0.3, 0.4) is 0 Å². The Hall–Kier alpha value is -2.10. The van der Waals surface area contributed by atoms with Crippen molar-refractivity contribution in [3.8, 4) is 17.0 Å². The molecule has 0 saturated carbocycles. The number of aromatic amines is 1. The molecule has 0 saturated heterocycles. The van der Waals surface area contributed by atoms with Gasteiger partial charge in [-0.3, -0.25) is 4.79 Å². The largest absolute Gasteiger partial charge is 0.491 e. The fourth-order valence-corrected chi connectivity index (χ4v) is 1.99. The van der Waals surface area contributed by atoms with Crippen LogP contribution < -0.4 is 10.3 Å². The molecule has 4 nitrogen and oxygen atoms in total. The summed E-state index contributed by atoms with van der Waals surface area (Å²) in [5.74, 6) is 0.789. The fraction of sp³-hybridized carbons (Fsp3) is 0.333. The molecule has 2 rings (SSSR count). The summed E-state index contributed by atoms with van der Waals surface area (Å²) in [6, 6.07) is 7.67. The van der Waals surface area contributed by atoms with Gasteiger partial charge in [0.1, 0.15) is 5.75 Å². The average molecular weight is 258 g/mol. The van der Waals surface area contributed by atoms with Crippen molar-refractivity contribution in [2.45, 2.75) is 33.3 Å². The highest BCUT2D eigenvalue weighted by Gasteiger charge is 2.10. The van der Waals surface area contributed by atoms with Crippen LogP contribution in [-0.4, -0.2) is 16.1 Å². The highest BCUT2D eigenvalue weighted by atomic mass is 16.5. The van der Waals surface area contributed by atoms with Gasteiger partial charge in [0.2, 0.25) is 0 Å². The molecule has 19 heavy (non-hydrogen) atoms. The number of ether oxygens (including phenoxy) is 1. The van der Waals surface area contributed by atoms with Crippen LogP contribution >= 0.6 is 0 Å². The van der Waals surface area contributed by atoms with Crippen LogP contribution in [0.5, 0.6) is 5.75 Å². The van der Waals surface area contributed by atoms with E-state index in [2.05, 4.69) is 9.97 Å². The highest BCUT2D eigenvalue weighted by molar-refractivity contribution is 5.64. The SMILES string of the molecule is CCc1c(-c2cccc(OC(C)C)c2)nc[nH]c1=O. The maximum atomic E-state index is 11.8. The molecule has 0 aliphatic carbocycles. The van der Waals surface area contributed by atoms with Gasteiger partial charge in [0, 0.05) is 11.1 Å². The van der Waals surface area contributed by atoms with Gasteiger partial charge in [-0.2, -0.15) is 0 Å². The van der Waals surface area contributed by atoms with Crippen LogP contribution in [0.15, 0.2) is 35.4 Å². The van der Waals surface area contributed by atoms with Gasteiger partial charge in [-0.05, 0) is 32.4 Å². The summed E-state index contributed by atoms with van der Waals surface area (Å²) in [7, 11) is 0. The molecular weight excluding hydrogens is 240 g/mol. The zero-order valence-corrected chi connectivity index (χ0v) is 11.4. The second-order valence-corrected chi connectivity index (χ2v) is 4.61. The normalized spacial score (nSPS) is 10.7. The van der Waals surface area contributed by atoms with E-state index in [1.807, 2.05) is 45.0 Å². The second kappa shape index (κ2) is 5.69. The predicted octanol–water partition coefficient (Wildman–Crippen LogP) is 2.79. The minimum atomic E-state index is -0.0809. The number of hydrogen-bond acceptors (Lipinski definition) is 3. The highest BCUT2D eigenvalue weighted by Crippen LogP contribution is 2.24. The summed E-state index contributed by atoms with van der Waals surface area (Å²) in [4.78, 5) is 18.7. The monoisotopic (exact) mass is 258 g/mol. The molecule has 0 amide bonds. The van der Waals surface area contributed by atoms with E-state index in [4.69, 9.17) is 4.74 Å². The van der Waals surface area contributed by atoms with Crippen LogP contribution in [0, 0.1) is 0 Å². The van der Waals surface area contributed by atoms with E-state index in [0.717, 1.165) is 17.0 Å². The molecule has 0 spiro atoms. The number of nitrogens with one attached hydrogen (secondary N) is 1. The molecule has 100 valence electrons. The van der Waals surface area contributed by atoms with E-state index < -0.39 is 0 Å². The summed E-state index contributed by atoms with van der Waals surface area (Å²) in [5.41, 5.74) is 2.24. The molecule has 0 aliphatic rings. The fourth-order valence-electron chi connectivity index (χ4n) is 1.99. The zero-order valence-electron chi connectivity index (χ0n) is 11.4. The molecule has 1 heterocycles. The summed E-state index contributed by atoms with van der Waals surface area (Å²) in [6.07, 6.45) is 2.20. The summed E-state index contributed by atoms with van der Waals surface area (Å²) in [5, 5.41) is 0. The van der Waals surface area contributed by atoms with Gasteiger partial charge in [-0.25, -0.2) is 4.98 Å². The van der Waals surface area contributed by atoms with Crippen molar-refractivity contribution < 1.29 is 4.74 Å². The van der Waals surface area contributed by atoms with Gasteiger partial charge in [0.15, 0.2) is 0 Å². The maximum Gasteiger partial charge on any atom is 0.254 e. The summed E-state index contributed by atoms with van der Waals surface area (Å²) in [6.45, 7) is 5.91. The van der Waals surface area contributed by atoms with Crippen molar-refractivity contribution in [2.24, 2.45) is 0 Å². The Balaban J connectivity index is 2.47. The molecule has 2 aromatic rings. The quantitative estimate of drug-likeness (QED) is 0.917. The van der Waals surface area contributed by atoms with Gasteiger partial charge in [-0.15, -0.1) is 0 Å². The van der Waals surface area contributed by atoms with Crippen molar-refractivity contribution >= 4 is 0 Å². The summed E-state index contributed by atoms with van der Waals surface area (Å²) < 4.78 is 5.67. The van der Waals surface area contributed by atoms with E-state index in [9.17, 15) is 4.79 Å². The third-order valence-corrected chi connectivity index (χ3v) is 2.78. The number of aromatic nitrogens is 2. The molecule has 0 aliphatic heterocycles. The number of H-pyrrole nitrogens is 1. The Morgan fingerprint density at radius 2 is 2.16 bits per heavy atom. The molecule has 0 fully saturated rings. The van der Waals surface area contributed by atoms with Gasteiger partial charge in [0.05, 0.1) is 18.1 Å². The smallest absolute Gasteiger partial charge is 0.254 e. The molecule has 4 heteroatoms. The minimum Gasteiger partial charge on any atom is -0.491 e. The van der Waals surface area contributed by atoms with Gasteiger partial charge >= 0.3 is 0 Å². The lowest BCUT2D eigenvalue weighted by molar-refractivity contribution is 0.242. The van der Waals surface area contributed by atoms with Crippen LogP contribution in [-0.2, 0) is 6.42 Å². The molecule has 0 atom stereocenters. The Bertz CT molecular complexity index is 618. The Morgan fingerprint density at radius 1 is 1.37 bits per heavy atom.